The lowest BCUT2D eigenvalue weighted by molar-refractivity contribution is 0.0698. The zero-order chi connectivity index (χ0) is 15.2. The van der Waals surface area contributed by atoms with E-state index in [1.54, 1.807) is 13.0 Å². The molecule has 1 aromatic carbocycles. The monoisotopic (exact) mass is 275 g/mol. The van der Waals surface area contributed by atoms with Crippen LogP contribution in [0.5, 0.6) is 0 Å². The van der Waals surface area contributed by atoms with Gasteiger partial charge < -0.3 is 14.8 Å². The first-order chi connectivity index (χ1) is 9.25. The van der Waals surface area contributed by atoms with Crippen LogP contribution in [0.3, 0.4) is 0 Å². The molecule has 1 heterocycles. The normalized spacial score (nSPS) is 13.2. The number of carboxylic acids is 1. The molecular formula is C16H21NO3. The van der Waals surface area contributed by atoms with Gasteiger partial charge in [0, 0.05) is 23.7 Å². The number of aromatic nitrogens is 1. The zero-order valence-electron chi connectivity index (χ0n) is 12.6. The van der Waals surface area contributed by atoms with E-state index >= 15 is 0 Å². The minimum Gasteiger partial charge on any atom is -0.478 e. The number of rotatable bonds is 3. The molecule has 108 valence electrons. The van der Waals surface area contributed by atoms with Gasteiger partial charge in [-0.25, -0.2) is 4.79 Å². The SMILES string of the molecule is Cc1c(C(C)O)c2cc(C(C)C)cc(C(=O)O)c2n1C. The Balaban J connectivity index is 2.98. The minimum absolute atomic E-state index is 0.236. The predicted octanol–water partition coefficient (Wildman–Crippen LogP) is 3.36. The fourth-order valence-corrected chi connectivity index (χ4v) is 2.79. The molecule has 0 bridgehead atoms. The molecule has 0 aliphatic carbocycles. The Morgan fingerprint density at radius 2 is 1.85 bits per heavy atom. The Labute approximate surface area is 118 Å². The summed E-state index contributed by atoms with van der Waals surface area (Å²) in [6, 6.07) is 3.74. The Hall–Kier alpha value is -1.81. The topological polar surface area (TPSA) is 62.5 Å². The van der Waals surface area contributed by atoms with Gasteiger partial charge in [-0.3, -0.25) is 0 Å². The van der Waals surface area contributed by atoms with Gasteiger partial charge in [0.05, 0.1) is 17.2 Å². The number of aromatic carboxylic acids is 1. The van der Waals surface area contributed by atoms with Crippen molar-refractivity contribution in [2.75, 3.05) is 0 Å². The molecule has 1 unspecified atom stereocenters. The summed E-state index contributed by atoms with van der Waals surface area (Å²) in [5.41, 5.74) is 3.66. The molecular weight excluding hydrogens is 254 g/mol. The Morgan fingerprint density at radius 1 is 1.25 bits per heavy atom. The molecule has 1 atom stereocenters. The number of fused-ring (bicyclic) bond motifs is 1. The maximum atomic E-state index is 11.6. The van der Waals surface area contributed by atoms with Crippen LogP contribution in [0.15, 0.2) is 12.1 Å². The molecule has 20 heavy (non-hydrogen) atoms. The average molecular weight is 275 g/mol. The molecule has 2 rings (SSSR count). The first kappa shape index (κ1) is 14.6. The van der Waals surface area contributed by atoms with Crippen LogP contribution >= 0.6 is 0 Å². The molecule has 0 amide bonds. The molecule has 0 radical (unpaired) electrons. The van der Waals surface area contributed by atoms with Crippen LogP contribution in [-0.4, -0.2) is 20.7 Å². The van der Waals surface area contributed by atoms with Gasteiger partial charge >= 0.3 is 5.97 Å². The Morgan fingerprint density at radius 3 is 2.30 bits per heavy atom. The summed E-state index contributed by atoms with van der Waals surface area (Å²) in [6.07, 6.45) is -0.622. The standard InChI is InChI=1S/C16H21NO3/c1-8(2)11-6-12-14(10(4)18)9(3)17(5)15(12)13(7-11)16(19)20/h6-8,10,18H,1-5H3,(H,19,20). The molecule has 1 aromatic heterocycles. The number of carbonyl (C=O) groups is 1. The summed E-state index contributed by atoms with van der Waals surface area (Å²) < 4.78 is 1.85. The summed E-state index contributed by atoms with van der Waals surface area (Å²) in [4.78, 5) is 11.6. The van der Waals surface area contributed by atoms with Crippen LogP contribution in [-0.2, 0) is 7.05 Å². The second kappa shape index (κ2) is 4.94. The van der Waals surface area contributed by atoms with Gasteiger partial charge in [-0.05, 0) is 37.5 Å². The predicted molar refractivity (Wildman–Crippen MR) is 79.3 cm³/mol. The van der Waals surface area contributed by atoms with Crippen LogP contribution in [0, 0.1) is 6.92 Å². The molecule has 2 N–H and O–H groups in total. The van der Waals surface area contributed by atoms with E-state index in [2.05, 4.69) is 0 Å². The van der Waals surface area contributed by atoms with Gasteiger partial charge in [-0.2, -0.15) is 0 Å². The van der Waals surface area contributed by atoms with Crippen LogP contribution in [0.1, 0.15) is 60.0 Å². The van der Waals surface area contributed by atoms with E-state index in [9.17, 15) is 15.0 Å². The van der Waals surface area contributed by atoms with Crippen molar-refractivity contribution in [3.63, 3.8) is 0 Å². The number of hydrogen-bond donors (Lipinski definition) is 2. The second-order valence-electron chi connectivity index (χ2n) is 5.66. The van der Waals surface area contributed by atoms with Gasteiger partial charge in [0.25, 0.3) is 0 Å². The maximum Gasteiger partial charge on any atom is 0.337 e. The Bertz CT molecular complexity index is 681. The lowest BCUT2D eigenvalue weighted by atomic mass is 9.95. The third kappa shape index (κ3) is 2.10. The third-order valence-corrected chi connectivity index (χ3v) is 3.97. The quantitative estimate of drug-likeness (QED) is 0.902. The molecule has 4 heteroatoms. The fourth-order valence-electron chi connectivity index (χ4n) is 2.79. The summed E-state index contributed by atoms with van der Waals surface area (Å²) in [6.45, 7) is 7.68. The van der Waals surface area contributed by atoms with Gasteiger partial charge in [-0.1, -0.05) is 13.8 Å². The minimum atomic E-state index is -0.935. The largest absolute Gasteiger partial charge is 0.478 e. The summed E-state index contributed by atoms with van der Waals surface area (Å²) in [7, 11) is 1.84. The lowest BCUT2D eigenvalue weighted by Crippen LogP contribution is -2.03. The van der Waals surface area contributed by atoms with E-state index in [1.807, 2.05) is 38.5 Å². The smallest absolute Gasteiger partial charge is 0.337 e. The average Bonchev–Trinajstić information content (AvgIpc) is 2.60. The summed E-state index contributed by atoms with van der Waals surface area (Å²) >= 11 is 0. The lowest BCUT2D eigenvalue weighted by Gasteiger charge is -2.10. The van der Waals surface area contributed by atoms with Crippen molar-refractivity contribution in [3.8, 4) is 0 Å². The molecule has 0 aliphatic rings. The maximum absolute atomic E-state index is 11.6. The van der Waals surface area contributed by atoms with Crippen LogP contribution in [0.2, 0.25) is 0 Å². The van der Waals surface area contributed by atoms with E-state index in [1.165, 1.54) is 0 Å². The van der Waals surface area contributed by atoms with Crippen molar-refractivity contribution in [3.05, 3.63) is 34.5 Å². The number of carboxylic acid groups (broad SMARTS) is 1. The molecule has 0 spiro atoms. The van der Waals surface area contributed by atoms with Crippen molar-refractivity contribution in [2.24, 2.45) is 7.05 Å². The van der Waals surface area contributed by atoms with Crippen molar-refractivity contribution in [1.82, 2.24) is 4.57 Å². The van der Waals surface area contributed by atoms with Crippen LogP contribution < -0.4 is 0 Å². The number of nitrogens with zero attached hydrogens (tertiary/aromatic N) is 1. The van der Waals surface area contributed by atoms with Gasteiger partial charge in [0.1, 0.15) is 0 Å². The van der Waals surface area contributed by atoms with Crippen LogP contribution in [0.25, 0.3) is 10.9 Å². The van der Waals surface area contributed by atoms with Crippen LogP contribution in [0.4, 0.5) is 0 Å². The number of aryl methyl sites for hydroxylation is 1. The first-order valence-corrected chi connectivity index (χ1v) is 6.79. The third-order valence-electron chi connectivity index (χ3n) is 3.97. The molecule has 0 saturated heterocycles. The molecule has 4 nitrogen and oxygen atoms in total. The highest BCUT2D eigenvalue weighted by Crippen LogP contribution is 2.34. The highest BCUT2D eigenvalue weighted by Gasteiger charge is 2.22. The van der Waals surface area contributed by atoms with Crippen molar-refractivity contribution in [1.29, 1.82) is 0 Å². The number of aliphatic hydroxyl groups is 1. The van der Waals surface area contributed by atoms with Gasteiger partial charge in [-0.15, -0.1) is 0 Å². The van der Waals surface area contributed by atoms with Crippen molar-refractivity contribution >= 4 is 16.9 Å². The van der Waals surface area contributed by atoms with E-state index < -0.39 is 12.1 Å². The first-order valence-electron chi connectivity index (χ1n) is 6.79. The van der Waals surface area contributed by atoms with E-state index in [0.717, 1.165) is 22.2 Å². The van der Waals surface area contributed by atoms with Crippen molar-refractivity contribution < 1.29 is 15.0 Å². The van der Waals surface area contributed by atoms with E-state index in [4.69, 9.17) is 0 Å². The zero-order valence-corrected chi connectivity index (χ0v) is 12.6. The highest BCUT2D eigenvalue weighted by atomic mass is 16.4. The highest BCUT2D eigenvalue weighted by molar-refractivity contribution is 6.04. The van der Waals surface area contributed by atoms with Crippen molar-refractivity contribution in [2.45, 2.75) is 39.7 Å². The summed E-state index contributed by atoms with van der Waals surface area (Å²) in [5.74, 6) is -0.699. The van der Waals surface area contributed by atoms with E-state index in [-0.39, 0.29) is 5.92 Å². The molecule has 0 aliphatic heterocycles. The van der Waals surface area contributed by atoms with Gasteiger partial charge in [0.15, 0.2) is 0 Å². The molecule has 0 saturated carbocycles. The number of hydrogen-bond acceptors (Lipinski definition) is 2. The number of aliphatic hydroxyl groups excluding tert-OH is 1. The molecule has 0 fully saturated rings. The van der Waals surface area contributed by atoms with E-state index in [0.29, 0.717) is 11.1 Å². The second-order valence-corrected chi connectivity index (χ2v) is 5.66. The molecule has 2 aromatic rings. The fraction of sp³-hybridized carbons (Fsp3) is 0.438. The Kier molecular flexibility index (Phi) is 3.61. The number of benzene rings is 1. The summed E-state index contributed by atoms with van der Waals surface area (Å²) in [5, 5.41) is 20.3. The van der Waals surface area contributed by atoms with Gasteiger partial charge in [0.2, 0.25) is 0 Å².